The molecule has 3 rings (SSSR count). The number of aromatic nitrogens is 3. The number of benzene rings is 1. The quantitative estimate of drug-likeness (QED) is 0.563. The Kier molecular flexibility index (Phi) is 6.70. The van der Waals surface area contributed by atoms with Crippen LogP contribution in [0.25, 0.3) is 10.8 Å². The molecular weight excluding hydrogens is 422 g/mol. The number of halogens is 2. The van der Waals surface area contributed by atoms with Crippen LogP contribution in [0.15, 0.2) is 48.1 Å². The Balaban J connectivity index is 1.50. The summed E-state index contributed by atoms with van der Waals surface area (Å²) in [5.41, 5.74) is -0.000467. The van der Waals surface area contributed by atoms with E-state index in [2.05, 4.69) is 19.7 Å². The second kappa shape index (κ2) is 9.60. The maximum Gasteiger partial charge on any atom is 0.387 e. The highest BCUT2D eigenvalue weighted by atomic mass is 32.1. The maximum atomic E-state index is 12.1. The summed E-state index contributed by atoms with van der Waals surface area (Å²) in [7, 11) is 0. The smallest absolute Gasteiger partial charge is 0.387 e. The van der Waals surface area contributed by atoms with Gasteiger partial charge >= 0.3 is 12.6 Å². The fourth-order valence-electron chi connectivity index (χ4n) is 2.11. The van der Waals surface area contributed by atoms with Gasteiger partial charge in [-0.1, -0.05) is 0 Å². The molecule has 154 valence electrons. The summed E-state index contributed by atoms with van der Waals surface area (Å²) < 4.78 is 33.2. The van der Waals surface area contributed by atoms with E-state index in [9.17, 15) is 23.2 Å². The van der Waals surface area contributed by atoms with Gasteiger partial charge < -0.3 is 9.47 Å². The highest BCUT2D eigenvalue weighted by Gasteiger charge is 2.17. The summed E-state index contributed by atoms with van der Waals surface area (Å²) in [6.45, 7) is -3.71. The van der Waals surface area contributed by atoms with Crippen LogP contribution in [0.4, 0.5) is 8.78 Å². The van der Waals surface area contributed by atoms with E-state index in [1.807, 2.05) is 5.32 Å². The molecule has 0 saturated carbocycles. The van der Waals surface area contributed by atoms with Crippen molar-refractivity contribution in [1.82, 2.24) is 20.3 Å². The molecule has 0 unspecified atom stereocenters. The highest BCUT2D eigenvalue weighted by Crippen LogP contribution is 2.20. The Morgan fingerprint density at radius 3 is 2.47 bits per heavy atom. The van der Waals surface area contributed by atoms with E-state index in [-0.39, 0.29) is 17.0 Å². The van der Waals surface area contributed by atoms with Gasteiger partial charge in [0, 0.05) is 23.3 Å². The molecule has 2 amide bonds. The first-order chi connectivity index (χ1) is 14.4. The third kappa shape index (κ3) is 5.61. The zero-order valence-corrected chi connectivity index (χ0v) is 15.8. The molecule has 0 aliphatic rings. The van der Waals surface area contributed by atoms with Gasteiger partial charge in [0.1, 0.15) is 5.75 Å². The summed E-state index contributed by atoms with van der Waals surface area (Å²) in [5, 5.41) is 3.85. The van der Waals surface area contributed by atoms with E-state index in [4.69, 9.17) is 4.74 Å². The van der Waals surface area contributed by atoms with Crippen molar-refractivity contribution in [2.75, 3.05) is 6.61 Å². The van der Waals surface area contributed by atoms with Gasteiger partial charge in [-0.15, -0.1) is 11.3 Å². The van der Waals surface area contributed by atoms with Gasteiger partial charge in [-0.25, -0.2) is 19.7 Å². The lowest BCUT2D eigenvalue weighted by Gasteiger charge is -2.07. The Hall–Kier alpha value is -3.80. The van der Waals surface area contributed by atoms with Crippen LogP contribution in [0.3, 0.4) is 0 Å². The number of hydrogen-bond donors (Lipinski definition) is 1. The lowest BCUT2D eigenvalue weighted by Crippen LogP contribution is -2.34. The standard InChI is InChI=1S/C18H12F2N4O5S/c19-18(20)29-11-4-2-10(3-5-11)15(26)24-13(25)8-28-17(27)12-9-30-16(23-12)14-21-6-1-7-22-14/h1-7,9,18H,8H2,(H,24,25,26). The van der Waals surface area contributed by atoms with Crippen LogP contribution in [0.2, 0.25) is 0 Å². The van der Waals surface area contributed by atoms with Gasteiger partial charge in [0.15, 0.2) is 23.1 Å². The lowest BCUT2D eigenvalue weighted by molar-refractivity contribution is -0.123. The Morgan fingerprint density at radius 2 is 1.80 bits per heavy atom. The third-order valence-corrected chi connectivity index (χ3v) is 4.24. The minimum atomic E-state index is -2.99. The van der Waals surface area contributed by atoms with Crippen LogP contribution >= 0.6 is 11.3 Å². The molecule has 2 heterocycles. The van der Waals surface area contributed by atoms with Gasteiger partial charge in [-0.05, 0) is 30.3 Å². The fraction of sp³-hybridized carbons (Fsp3) is 0.111. The van der Waals surface area contributed by atoms with Crippen LogP contribution in [0, 0.1) is 0 Å². The van der Waals surface area contributed by atoms with E-state index in [0.717, 1.165) is 23.5 Å². The SMILES string of the molecule is O=C(COC(=O)c1csc(-c2ncccn2)n1)NC(=O)c1ccc(OC(F)F)cc1. The number of rotatable bonds is 7. The molecule has 3 aromatic rings. The van der Waals surface area contributed by atoms with Crippen LogP contribution in [-0.4, -0.2) is 46.0 Å². The van der Waals surface area contributed by atoms with Crippen molar-refractivity contribution in [2.45, 2.75) is 6.61 Å². The molecule has 0 spiro atoms. The molecule has 0 aliphatic carbocycles. The minimum Gasteiger partial charge on any atom is -0.451 e. The van der Waals surface area contributed by atoms with Gasteiger partial charge in [0.05, 0.1) is 0 Å². The van der Waals surface area contributed by atoms with E-state index >= 15 is 0 Å². The molecule has 0 radical (unpaired) electrons. The molecular formula is C18H12F2N4O5S. The summed E-state index contributed by atoms with van der Waals surface area (Å²) in [6.07, 6.45) is 3.06. The number of carbonyl (C=O) groups is 3. The molecule has 0 aliphatic heterocycles. The number of alkyl halides is 2. The van der Waals surface area contributed by atoms with Crippen LogP contribution in [0.1, 0.15) is 20.8 Å². The van der Waals surface area contributed by atoms with E-state index in [1.165, 1.54) is 29.9 Å². The molecule has 0 bridgehead atoms. The largest absolute Gasteiger partial charge is 0.451 e. The van der Waals surface area contributed by atoms with Crippen molar-refractivity contribution in [2.24, 2.45) is 0 Å². The lowest BCUT2D eigenvalue weighted by atomic mass is 10.2. The van der Waals surface area contributed by atoms with Crippen molar-refractivity contribution in [1.29, 1.82) is 0 Å². The molecule has 1 N–H and O–H groups in total. The van der Waals surface area contributed by atoms with Crippen LogP contribution in [0.5, 0.6) is 5.75 Å². The average molecular weight is 434 g/mol. The number of hydrogen-bond acceptors (Lipinski definition) is 9. The van der Waals surface area contributed by atoms with E-state index in [1.54, 1.807) is 6.07 Å². The van der Waals surface area contributed by atoms with Crippen molar-refractivity contribution in [3.05, 3.63) is 59.4 Å². The first-order valence-corrected chi connectivity index (χ1v) is 9.09. The number of imide groups is 1. The van der Waals surface area contributed by atoms with E-state index < -0.39 is 31.0 Å². The van der Waals surface area contributed by atoms with Gasteiger partial charge in [0.25, 0.3) is 11.8 Å². The van der Waals surface area contributed by atoms with Crippen molar-refractivity contribution < 1.29 is 32.6 Å². The summed E-state index contributed by atoms with van der Waals surface area (Å²) in [6, 6.07) is 6.35. The first kappa shape index (κ1) is 20.9. The Morgan fingerprint density at radius 1 is 1.10 bits per heavy atom. The molecule has 12 heteroatoms. The third-order valence-electron chi connectivity index (χ3n) is 3.40. The van der Waals surface area contributed by atoms with Crippen molar-refractivity contribution in [3.63, 3.8) is 0 Å². The van der Waals surface area contributed by atoms with Gasteiger partial charge in [-0.3, -0.25) is 14.9 Å². The normalized spacial score (nSPS) is 10.5. The summed E-state index contributed by atoms with van der Waals surface area (Å²) in [5.74, 6) is -2.32. The zero-order valence-electron chi connectivity index (χ0n) is 15.0. The minimum absolute atomic E-state index is 0.0308. The topological polar surface area (TPSA) is 120 Å². The number of thiazole rings is 1. The number of nitrogens with zero attached hydrogens (tertiary/aromatic N) is 3. The number of esters is 1. The molecule has 2 aromatic heterocycles. The van der Waals surface area contributed by atoms with Crippen LogP contribution < -0.4 is 10.1 Å². The molecule has 9 nitrogen and oxygen atoms in total. The second-order valence-electron chi connectivity index (χ2n) is 5.47. The van der Waals surface area contributed by atoms with E-state index in [0.29, 0.717) is 10.8 Å². The predicted molar refractivity (Wildman–Crippen MR) is 99.0 cm³/mol. The molecule has 30 heavy (non-hydrogen) atoms. The highest BCUT2D eigenvalue weighted by molar-refractivity contribution is 7.13. The Labute approximate surface area is 171 Å². The number of amides is 2. The zero-order chi connectivity index (χ0) is 21.5. The monoisotopic (exact) mass is 434 g/mol. The van der Waals surface area contributed by atoms with Gasteiger partial charge in [0.2, 0.25) is 0 Å². The second-order valence-corrected chi connectivity index (χ2v) is 6.32. The Bertz CT molecular complexity index is 1040. The van der Waals surface area contributed by atoms with Crippen molar-refractivity contribution in [3.8, 4) is 16.6 Å². The first-order valence-electron chi connectivity index (χ1n) is 8.21. The van der Waals surface area contributed by atoms with Gasteiger partial charge in [-0.2, -0.15) is 8.78 Å². The molecule has 0 fully saturated rings. The maximum absolute atomic E-state index is 12.1. The predicted octanol–water partition coefficient (Wildman–Crippen LogP) is 2.31. The number of carbonyl (C=O) groups excluding carboxylic acids is 3. The van der Waals surface area contributed by atoms with Crippen molar-refractivity contribution >= 4 is 29.1 Å². The fourth-order valence-corrected chi connectivity index (χ4v) is 2.84. The van der Waals surface area contributed by atoms with Crippen LogP contribution in [-0.2, 0) is 9.53 Å². The average Bonchev–Trinajstić information content (AvgIpc) is 3.23. The number of nitrogens with one attached hydrogen (secondary N) is 1. The molecule has 0 atom stereocenters. The summed E-state index contributed by atoms with van der Waals surface area (Å²) in [4.78, 5) is 47.9. The summed E-state index contributed by atoms with van der Waals surface area (Å²) >= 11 is 1.13. The molecule has 0 saturated heterocycles. The molecule has 1 aromatic carbocycles. The number of ether oxygens (including phenoxy) is 2.